The number of anilines is 2. The zero-order valence-corrected chi connectivity index (χ0v) is 23.6. The van der Waals surface area contributed by atoms with E-state index in [1.54, 1.807) is 12.4 Å². The van der Waals surface area contributed by atoms with Gasteiger partial charge in [0, 0.05) is 29.8 Å². The largest absolute Gasteiger partial charge is 0.449 e. The van der Waals surface area contributed by atoms with Gasteiger partial charge in [-0.2, -0.15) is 0 Å². The molecular weight excluding hydrogens is 524 g/mol. The van der Waals surface area contributed by atoms with Gasteiger partial charge in [-0.3, -0.25) is 4.79 Å². The number of aromatic nitrogens is 2. The zero-order valence-electron chi connectivity index (χ0n) is 22.0. The Morgan fingerprint density at radius 1 is 1.26 bits per heavy atom. The van der Waals surface area contributed by atoms with Crippen molar-refractivity contribution in [3.05, 3.63) is 35.6 Å². The highest BCUT2D eigenvalue weighted by molar-refractivity contribution is 7.99. The number of nitrogens with zero attached hydrogens (tertiary/aromatic N) is 3. The van der Waals surface area contributed by atoms with E-state index in [-0.39, 0.29) is 11.3 Å². The molecule has 206 valence electrons. The van der Waals surface area contributed by atoms with Gasteiger partial charge in [0.15, 0.2) is 0 Å². The summed E-state index contributed by atoms with van der Waals surface area (Å²) in [5.41, 5.74) is 5.64. The third kappa shape index (κ3) is 7.74. The highest BCUT2D eigenvalue weighted by Gasteiger charge is 2.32. The van der Waals surface area contributed by atoms with Gasteiger partial charge in [0.05, 0.1) is 29.7 Å². The van der Waals surface area contributed by atoms with Crippen LogP contribution in [0.25, 0.3) is 0 Å². The maximum absolute atomic E-state index is 12.7. The van der Waals surface area contributed by atoms with E-state index in [2.05, 4.69) is 39.3 Å². The normalized spacial score (nSPS) is 18.6. The molecule has 0 spiro atoms. The number of benzene rings is 1. The second kappa shape index (κ2) is 13.0. The molecule has 1 aromatic carbocycles. The summed E-state index contributed by atoms with van der Waals surface area (Å²) >= 11 is 8.09. The van der Waals surface area contributed by atoms with Crippen LogP contribution in [0.3, 0.4) is 0 Å². The molecule has 2 saturated heterocycles. The summed E-state index contributed by atoms with van der Waals surface area (Å²) in [4.78, 5) is 35.9. The molecule has 4 N–H and O–H groups in total. The number of primary amides is 1. The lowest BCUT2D eigenvalue weighted by Gasteiger charge is -2.39. The molecule has 0 radical (unpaired) electrons. The molecule has 0 bridgehead atoms. The number of carbonyl (C=O) groups is 2. The van der Waals surface area contributed by atoms with Gasteiger partial charge in [0.2, 0.25) is 5.91 Å². The van der Waals surface area contributed by atoms with E-state index in [0.29, 0.717) is 35.6 Å². The van der Waals surface area contributed by atoms with Crippen LogP contribution in [0.1, 0.15) is 46.0 Å². The summed E-state index contributed by atoms with van der Waals surface area (Å²) in [6.45, 7) is 8.23. The Hall–Kier alpha value is -2.56. The molecule has 1 aromatic heterocycles. The van der Waals surface area contributed by atoms with Crippen molar-refractivity contribution in [2.45, 2.75) is 55.9 Å². The van der Waals surface area contributed by atoms with Gasteiger partial charge in [-0.05, 0) is 62.7 Å². The molecule has 3 heterocycles. The number of carbonyl (C=O) groups excluding carboxylic acids is 2. The fourth-order valence-electron chi connectivity index (χ4n) is 5.06. The summed E-state index contributed by atoms with van der Waals surface area (Å²) in [7, 11) is 0. The molecule has 2 aromatic rings. The first kappa shape index (κ1) is 28.4. The minimum Gasteiger partial charge on any atom is -0.449 e. The maximum atomic E-state index is 12.7. The fourth-order valence-corrected chi connectivity index (χ4v) is 6.13. The van der Waals surface area contributed by atoms with Crippen LogP contribution in [0, 0.1) is 17.3 Å². The quantitative estimate of drug-likeness (QED) is 0.394. The topological polar surface area (TPSA) is 122 Å². The molecule has 2 amide bonds. The van der Waals surface area contributed by atoms with Crippen molar-refractivity contribution in [3.8, 4) is 0 Å². The number of ether oxygens (including phenoxy) is 1. The van der Waals surface area contributed by atoms with Crippen LogP contribution < -0.4 is 21.3 Å². The van der Waals surface area contributed by atoms with Crippen LogP contribution in [0.2, 0.25) is 5.02 Å². The number of piperidine rings is 2. The monoisotopic (exact) mass is 560 g/mol. The van der Waals surface area contributed by atoms with Gasteiger partial charge in [0.25, 0.3) is 0 Å². The Bertz CT molecular complexity index is 1100. The van der Waals surface area contributed by atoms with Crippen molar-refractivity contribution < 1.29 is 14.3 Å². The van der Waals surface area contributed by atoms with Crippen molar-refractivity contribution in [1.29, 1.82) is 0 Å². The Morgan fingerprint density at radius 3 is 2.66 bits per heavy atom. The molecule has 11 heteroatoms. The standard InChI is InChI=1S/C27H37ClN6O3S/c1-18(19-6-10-30-11-7-19)14-23(35)33-20-4-3-5-21(25(20)28)38-24-16-31-22(15-32-24)34-12-8-27(2,9-13-34)17-37-26(29)36/h3-5,15-16,18-19,30H,6-14,17H2,1-2H3,(H2,29,36)(H,33,35). The minimum atomic E-state index is -0.733. The molecule has 2 aliphatic rings. The molecule has 0 aliphatic carbocycles. The highest BCUT2D eigenvalue weighted by atomic mass is 35.5. The lowest BCUT2D eigenvalue weighted by Crippen LogP contribution is -2.42. The molecule has 38 heavy (non-hydrogen) atoms. The SMILES string of the molecule is CC(CC(=O)Nc1cccc(Sc2cnc(N3CCC(C)(COC(N)=O)CC3)cn2)c1Cl)C1CCNCC1. The first-order valence-corrected chi connectivity index (χ1v) is 14.4. The summed E-state index contributed by atoms with van der Waals surface area (Å²) in [5, 5.41) is 7.60. The number of hydrogen-bond donors (Lipinski definition) is 3. The molecule has 0 saturated carbocycles. The summed E-state index contributed by atoms with van der Waals surface area (Å²) < 4.78 is 5.03. The highest BCUT2D eigenvalue weighted by Crippen LogP contribution is 2.37. The van der Waals surface area contributed by atoms with Gasteiger partial charge < -0.3 is 26.0 Å². The van der Waals surface area contributed by atoms with Gasteiger partial charge in [-0.25, -0.2) is 14.8 Å². The van der Waals surface area contributed by atoms with E-state index in [0.717, 1.165) is 67.6 Å². The zero-order chi connectivity index (χ0) is 27.1. The predicted octanol–water partition coefficient (Wildman–Crippen LogP) is 4.95. The summed E-state index contributed by atoms with van der Waals surface area (Å²) in [6, 6.07) is 5.62. The lowest BCUT2D eigenvalue weighted by atomic mass is 9.81. The molecule has 2 aliphatic heterocycles. The molecule has 4 rings (SSSR count). The first-order chi connectivity index (χ1) is 18.2. The van der Waals surface area contributed by atoms with Crippen molar-refractivity contribution in [2.24, 2.45) is 23.0 Å². The number of rotatable bonds is 9. The van der Waals surface area contributed by atoms with E-state index in [1.807, 2.05) is 18.2 Å². The number of hydrogen-bond acceptors (Lipinski definition) is 8. The summed E-state index contributed by atoms with van der Waals surface area (Å²) in [5.74, 6) is 1.70. The Balaban J connectivity index is 1.31. The van der Waals surface area contributed by atoms with Crippen LogP contribution in [0.4, 0.5) is 16.3 Å². The average molecular weight is 561 g/mol. The van der Waals surface area contributed by atoms with E-state index in [4.69, 9.17) is 22.1 Å². The van der Waals surface area contributed by atoms with Gasteiger partial charge in [0.1, 0.15) is 10.8 Å². The molecule has 2 fully saturated rings. The van der Waals surface area contributed by atoms with E-state index in [9.17, 15) is 9.59 Å². The molecular formula is C27H37ClN6O3S. The van der Waals surface area contributed by atoms with E-state index < -0.39 is 6.09 Å². The fraction of sp³-hybridized carbons (Fsp3) is 0.556. The minimum absolute atomic E-state index is 0.0111. The van der Waals surface area contributed by atoms with Gasteiger partial charge in [-0.1, -0.05) is 43.3 Å². The van der Waals surface area contributed by atoms with E-state index in [1.165, 1.54) is 11.8 Å². The average Bonchev–Trinajstić information content (AvgIpc) is 2.91. The van der Waals surface area contributed by atoms with Gasteiger partial charge in [-0.15, -0.1) is 0 Å². The first-order valence-electron chi connectivity index (χ1n) is 13.2. The number of halogens is 1. The van der Waals surface area contributed by atoms with Crippen LogP contribution in [0.15, 0.2) is 40.5 Å². The Kier molecular flexibility index (Phi) is 9.73. The van der Waals surface area contributed by atoms with Crippen molar-refractivity contribution in [1.82, 2.24) is 15.3 Å². The van der Waals surface area contributed by atoms with Crippen LogP contribution in [0.5, 0.6) is 0 Å². The molecule has 1 unspecified atom stereocenters. The third-order valence-corrected chi connectivity index (χ3v) is 9.12. The third-order valence-electron chi connectivity index (χ3n) is 7.62. The Labute approximate surface area is 233 Å². The second-order valence-corrected chi connectivity index (χ2v) is 12.1. The molecule has 1 atom stereocenters. The van der Waals surface area contributed by atoms with Crippen molar-refractivity contribution >= 4 is 46.9 Å². The molecule has 9 nitrogen and oxygen atoms in total. The number of amides is 2. The van der Waals surface area contributed by atoms with Crippen molar-refractivity contribution in [3.63, 3.8) is 0 Å². The van der Waals surface area contributed by atoms with Crippen LogP contribution in [-0.2, 0) is 9.53 Å². The second-order valence-electron chi connectivity index (χ2n) is 10.7. The maximum Gasteiger partial charge on any atom is 0.404 e. The van der Waals surface area contributed by atoms with E-state index >= 15 is 0 Å². The smallest absolute Gasteiger partial charge is 0.404 e. The number of nitrogens with two attached hydrogens (primary N) is 1. The van der Waals surface area contributed by atoms with Crippen LogP contribution >= 0.6 is 23.4 Å². The van der Waals surface area contributed by atoms with Crippen LogP contribution in [-0.4, -0.2) is 54.8 Å². The lowest BCUT2D eigenvalue weighted by molar-refractivity contribution is -0.117. The Morgan fingerprint density at radius 2 is 2.00 bits per heavy atom. The summed E-state index contributed by atoms with van der Waals surface area (Å²) in [6.07, 6.45) is 7.22. The number of nitrogens with one attached hydrogen (secondary N) is 2. The van der Waals surface area contributed by atoms with Crippen molar-refractivity contribution in [2.75, 3.05) is 43.0 Å². The predicted molar refractivity (Wildman–Crippen MR) is 151 cm³/mol. The van der Waals surface area contributed by atoms with Gasteiger partial charge >= 0.3 is 6.09 Å².